The summed E-state index contributed by atoms with van der Waals surface area (Å²) >= 11 is 0. The molecule has 104 valence electrons. The van der Waals surface area contributed by atoms with Crippen LogP contribution < -0.4 is 10.6 Å². The Labute approximate surface area is 111 Å². The summed E-state index contributed by atoms with van der Waals surface area (Å²) in [6, 6.07) is 4.55. The summed E-state index contributed by atoms with van der Waals surface area (Å²) in [5.41, 5.74) is 1.11. The molecule has 0 bridgehead atoms. The lowest BCUT2D eigenvalue weighted by molar-refractivity contribution is -0.384. The molecular weight excluding hydrogens is 250 g/mol. The number of nitro groups is 1. The highest BCUT2D eigenvalue weighted by atomic mass is 16.6. The molecule has 7 heteroatoms. The summed E-state index contributed by atoms with van der Waals surface area (Å²) in [7, 11) is 1.28. The van der Waals surface area contributed by atoms with Gasteiger partial charge < -0.3 is 15.4 Å². The van der Waals surface area contributed by atoms with Gasteiger partial charge >= 0.3 is 5.97 Å². The normalized spacial score (nSPS) is 9.79. The van der Waals surface area contributed by atoms with Gasteiger partial charge in [0.05, 0.1) is 12.0 Å². The molecule has 0 atom stereocenters. The van der Waals surface area contributed by atoms with Gasteiger partial charge in [0, 0.05) is 30.1 Å². The van der Waals surface area contributed by atoms with E-state index in [9.17, 15) is 14.9 Å². The molecule has 7 nitrogen and oxygen atoms in total. The number of nitro benzene ring substituents is 1. The first kappa shape index (κ1) is 14.7. The Morgan fingerprint density at radius 3 is 2.47 bits per heavy atom. The van der Waals surface area contributed by atoms with Crippen LogP contribution in [0, 0.1) is 10.1 Å². The number of anilines is 2. The third kappa shape index (κ3) is 4.82. The fraction of sp³-hybridized carbons (Fsp3) is 0.417. The Morgan fingerprint density at radius 2 is 1.95 bits per heavy atom. The third-order valence-electron chi connectivity index (χ3n) is 2.37. The van der Waals surface area contributed by atoms with Crippen molar-refractivity contribution >= 4 is 23.0 Å². The Balaban J connectivity index is 2.86. The summed E-state index contributed by atoms with van der Waals surface area (Å²) in [5, 5.41) is 16.7. The predicted octanol–water partition coefficient (Wildman–Crippen LogP) is 2.00. The van der Waals surface area contributed by atoms with Crippen LogP contribution in [0.25, 0.3) is 0 Å². The molecule has 0 saturated carbocycles. The van der Waals surface area contributed by atoms with Crippen LogP contribution in [0.2, 0.25) is 0 Å². The molecule has 0 heterocycles. The van der Waals surface area contributed by atoms with E-state index in [-0.39, 0.29) is 12.2 Å². The molecule has 1 aromatic rings. The van der Waals surface area contributed by atoms with Gasteiger partial charge in [-0.15, -0.1) is 0 Å². The lowest BCUT2D eigenvalue weighted by Gasteiger charge is -2.09. The number of hydrogen-bond donors (Lipinski definition) is 2. The van der Waals surface area contributed by atoms with Gasteiger partial charge in [0.2, 0.25) is 0 Å². The zero-order chi connectivity index (χ0) is 14.3. The molecule has 1 aromatic carbocycles. The number of hydrogen-bond acceptors (Lipinski definition) is 6. The van der Waals surface area contributed by atoms with Crippen molar-refractivity contribution < 1.29 is 14.5 Å². The number of nitrogens with one attached hydrogen (secondary N) is 2. The van der Waals surface area contributed by atoms with Crippen LogP contribution in [0.1, 0.15) is 13.3 Å². The van der Waals surface area contributed by atoms with Crippen LogP contribution in [0.4, 0.5) is 17.1 Å². The van der Waals surface area contributed by atoms with Gasteiger partial charge in [0.25, 0.3) is 5.69 Å². The smallest absolute Gasteiger partial charge is 0.325 e. The molecule has 0 aromatic heterocycles. The molecule has 0 aliphatic rings. The number of carbonyl (C=O) groups excluding carboxylic acids is 1. The third-order valence-corrected chi connectivity index (χ3v) is 2.37. The number of esters is 1. The largest absolute Gasteiger partial charge is 0.468 e. The van der Waals surface area contributed by atoms with Gasteiger partial charge in [0.1, 0.15) is 6.54 Å². The molecule has 1 rings (SSSR count). The molecule has 0 aliphatic heterocycles. The number of non-ortho nitro benzene ring substituents is 1. The summed E-state index contributed by atoms with van der Waals surface area (Å²) in [6.45, 7) is 2.68. The number of methoxy groups -OCH3 is 1. The lowest BCUT2D eigenvalue weighted by atomic mass is 10.2. The van der Waals surface area contributed by atoms with Crippen molar-refractivity contribution in [2.45, 2.75) is 13.3 Å². The Hall–Kier alpha value is -2.31. The molecule has 0 spiro atoms. The fourth-order valence-electron chi connectivity index (χ4n) is 1.44. The van der Waals surface area contributed by atoms with Crippen LogP contribution in [0.5, 0.6) is 0 Å². The molecule has 0 aliphatic carbocycles. The molecule has 0 radical (unpaired) electrons. The predicted molar refractivity (Wildman–Crippen MR) is 72.4 cm³/mol. The Kier molecular flexibility index (Phi) is 5.59. The maximum absolute atomic E-state index is 11.0. The van der Waals surface area contributed by atoms with Crippen LogP contribution in [0.3, 0.4) is 0 Å². The van der Waals surface area contributed by atoms with Gasteiger partial charge in [-0.1, -0.05) is 6.92 Å². The number of ether oxygens (including phenoxy) is 1. The minimum absolute atomic E-state index is 0.0338. The molecule has 0 unspecified atom stereocenters. The SMILES string of the molecule is CCCNc1cc(NCC(=O)OC)cc([N+](=O)[O-])c1. The van der Waals surface area contributed by atoms with E-state index in [2.05, 4.69) is 15.4 Å². The zero-order valence-electron chi connectivity index (χ0n) is 10.9. The van der Waals surface area contributed by atoms with E-state index in [0.29, 0.717) is 11.4 Å². The maximum Gasteiger partial charge on any atom is 0.325 e. The Morgan fingerprint density at radius 1 is 1.32 bits per heavy atom. The van der Waals surface area contributed by atoms with E-state index < -0.39 is 10.9 Å². The molecular formula is C12H17N3O4. The highest BCUT2D eigenvalue weighted by molar-refractivity contribution is 5.76. The van der Waals surface area contributed by atoms with Crippen LogP contribution in [-0.4, -0.2) is 31.1 Å². The number of rotatable bonds is 7. The summed E-state index contributed by atoms with van der Waals surface area (Å²) in [4.78, 5) is 21.4. The first-order valence-electron chi connectivity index (χ1n) is 5.91. The van der Waals surface area contributed by atoms with Crippen molar-refractivity contribution in [3.8, 4) is 0 Å². The number of nitrogens with zero attached hydrogens (tertiary/aromatic N) is 1. The van der Waals surface area contributed by atoms with Crippen LogP contribution in [0.15, 0.2) is 18.2 Å². The lowest BCUT2D eigenvalue weighted by Crippen LogP contribution is -2.15. The first-order chi connectivity index (χ1) is 9.06. The van der Waals surface area contributed by atoms with Crippen molar-refractivity contribution in [3.63, 3.8) is 0 Å². The maximum atomic E-state index is 11.0. The molecule has 0 fully saturated rings. The second-order valence-corrected chi connectivity index (χ2v) is 3.88. The molecule has 0 saturated heterocycles. The van der Waals surface area contributed by atoms with Gasteiger partial charge in [0.15, 0.2) is 0 Å². The topological polar surface area (TPSA) is 93.5 Å². The molecule has 0 amide bonds. The second-order valence-electron chi connectivity index (χ2n) is 3.88. The molecule has 2 N–H and O–H groups in total. The summed E-state index contributed by atoms with van der Waals surface area (Å²) in [5.74, 6) is -0.436. The highest BCUT2D eigenvalue weighted by Crippen LogP contribution is 2.24. The number of benzene rings is 1. The molecule has 19 heavy (non-hydrogen) atoms. The Bertz CT molecular complexity index is 462. The van der Waals surface area contributed by atoms with E-state index in [1.54, 1.807) is 6.07 Å². The second kappa shape index (κ2) is 7.20. The van der Waals surface area contributed by atoms with E-state index >= 15 is 0 Å². The average Bonchev–Trinajstić information content (AvgIpc) is 2.42. The van der Waals surface area contributed by atoms with E-state index in [1.165, 1.54) is 19.2 Å². The van der Waals surface area contributed by atoms with Crippen molar-refractivity contribution in [3.05, 3.63) is 28.3 Å². The van der Waals surface area contributed by atoms with Crippen LogP contribution in [-0.2, 0) is 9.53 Å². The van der Waals surface area contributed by atoms with Gasteiger partial charge in [-0.2, -0.15) is 0 Å². The summed E-state index contributed by atoms with van der Waals surface area (Å²) < 4.78 is 4.49. The number of carbonyl (C=O) groups is 1. The first-order valence-corrected chi connectivity index (χ1v) is 5.91. The summed E-state index contributed by atoms with van der Waals surface area (Å²) in [6.07, 6.45) is 0.910. The van der Waals surface area contributed by atoms with E-state index in [0.717, 1.165) is 13.0 Å². The minimum Gasteiger partial charge on any atom is -0.468 e. The van der Waals surface area contributed by atoms with E-state index in [1.807, 2.05) is 6.92 Å². The van der Waals surface area contributed by atoms with Crippen molar-refractivity contribution in [1.82, 2.24) is 0 Å². The fourth-order valence-corrected chi connectivity index (χ4v) is 1.44. The van der Waals surface area contributed by atoms with Crippen molar-refractivity contribution in [2.75, 3.05) is 30.8 Å². The average molecular weight is 267 g/mol. The highest BCUT2D eigenvalue weighted by Gasteiger charge is 2.10. The minimum atomic E-state index is -0.472. The quantitative estimate of drug-likeness (QED) is 0.446. The zero-order valence-corrected chi connectivity index (χ0v) is 10.9. The van der Waals surface area contributed by atoms with Gasteiger partial charge in [-0.3, -0.25) is 14.9 Å². The van der Waals surface area contributed by atoms with Gasteiger partial charge in [-0.05, 0) is 12.5 Å². The van der Waals surface area contributed by atoms with Gasteiger partial charge in [-0.25, -0.2) is 0 Å². The monoisotopic (exact) mass is 267 g/mol. The van der Waals surface area contributed by atoms with Crippen molar-refractivity contribution in [2.24, 2.45) is 0 Å². The van der Waals surface area contributed by atoms with Crippen LogP contribution >= 0.6 is 0 Å². The standard InChI is InChI=1S/C12H17N3O4/c1-3-4-13-9-5-10(14-8-12(16)19-2)7-11(6-9)15(17)18/h5-7,13-14H,3-4,8H2,1-2H3. The van der Waals surface area contributed by atoms with E-state index in [4.69, 9.17) is 0 Å². The van der Waals surface area contributed by atoms with Crippen molar-refractivity contribution in [1.29, 1.82) is 0 Å².